The first-order valence-corrected chi connectivity index (χ1v) is 14.8. The lowest BCUT2D eigenvalue weighted by Gasteiger charge is -2.66. The Kier molecular flexibility index (Phi) is 8.35. The molecular formula is C31H52B2O2. The Bertz CT molecular complexity index is 767. The van der Waals surface area contributed by atoms with Crippen molar-refractivity contribution in [2.75, 3.05) is 26.9 Å². The van der Waals surface area contributed by atoms with Crippen molar-refractivity contribution in [2.24, 2.45) is 40.4 Å². The molecular weight excluding hydrogens is 426 g/mol. The molecule has 3 fully saturated rings. The van der Waals surface area contributed by atoms with Gasteiger partial charge in [0.1, 0.15) is 0 Å². The first-order chi connectivity index (χ1) is 16.5. The van der Waals surface area contributed by atoms with Crippen LogP contribution >= 0.6 is 0 Å². The molecule has 0 heterocycles. The molecule has 0 N–H and O–H groups in total. The van der Waals surface area contributed by atoms with E-state index in [-0.39, 0.29) is 21.5 Å². The maximum absolute atomic E-state index is 7.60. The summed E-state index contributed by atoms with van der Waals surface area (Å²) in [6.07, 6.45) is 16.0. The second-order valence-electron chi connectivity index (χ2n) is 14.0. The van der Waals surface area contributed by atoms with E-state index in [0.717, 1.165) is 25.4 Å². The van der Waals surface area contributed by atoms with E-state index in [0.29, 0.717) is 36.9 Å². The molecule has 4 aliphatic rings. The normalized spacial score (nSPS) is 43.9. The van der Waals surface area contributed by atoms with Gasteiger partial charge in [-0.05, 0) is 78.9 Å². The first-order valence-electron chi connectivity index (χ1n) is 14.8. The third-order valence-corrected chi connectivity index (χ3v) is 11.8. The molecule has 3 saturated carbocycles. The molecule has 35 heavy (non-hydrogen) atoms. The zero-order chi connectivity index (χ0) is 25.5. The monoisotopic (exact) mass is 478 g/mol. The number of methoxy groups -OCH3 is 1. The van der Waals surface area contributed by atoms with E-state index < -0.39 is 0 Å². The Hall–Kier alpha value is -0.210. The fourth-order valence-electron chi connectivity index (χ4n) is 9.49. The molecule has 4 aliphatic carbocycles. The van der Waals surface area contributed by atoms with Gasteiger partial charge in [0.15, 0.2) is 0 Å². The van der Waals surface area contributed by atoms with E-state index >= 15 is 0 Å². The van der Waals surface area contributed by atoms with Crippen LogP contribution in [-0.4, -0.2) is 42.6 Å². The molecule has 2 nitrogen and oxygen atoms in total. The van der Waals surface area contributed by atoms with Gasteiger partial charge in [-0.3, -0.25) is 0 Å². The summed E-state index contributed by atoms with van der Waals surface area (Å²) in [7, 11) is 16.8. The van der Waals surface area contributed by atoms with Gasteiger partial charge in [-0.1, -0.05) is 89.0 Å². The van der Waals surface area contributed by atoms with Gasteiger partial charge >= 0.3 is 0 Å². The molecule has 6 unspecified atom stereocenters. The summed E-state index contributed by atoms with van der Waals surface area (Å²) in [5, 5.41) is -0.181. The SMILES string of the molecule is [B]C12CC=C3CC(COCCOC)CCC3(C)C1CCC1(C)C2CC[C@]1([B])[C@H](C)CCCC(C)C. The van der Waals surface area contributed by atoms with Crippen LogP contribution in [-0.2, 0) is 9.47 Å². The van der Waals surface area contributed by atoms with Crippen LogP contribution in [0.1, 0.15) is 105 Å². The molecule has 4 heteroatoms. The molecule has 0 aromatic rings. The quantitative estimate of drug-likeness (QED) is 0.182. The van der Waals surface area contributed by atoms with E-state index in [9.17, 15) is 0 Å². The summed E-state index contributed by atoms with van der Waals surface area (Å²) in [6, 6.07) is 0. The third kappa shape index (κ3) is 4.75. The van der Waals surface area contributed by atoms with Crippen LogP contribution in [0.15, 0.2) is 11.6 Å². The van der Waals surface area contributed by atoms with Crippen LogP contribution in [0.2, 0.25) is 10.6 Å². The molecule has 0 aliphatic heterocycles. The number of rotatable bonds is 10. The van der Waals surface area contributed by atoms with Gasteiger partial charge in [0, 0.05) is 13.7 Å². The van der Waals surface area contributed by atoms with Crippen LogP contribution in [0.3, 0.4) is 0 Å². The minimum Gasteiger partial charge on any atom is -0.382 e. The summed E-state index contributed by atoms with van der Waals surface area (Å²) >= 11 is 0. The van der Waals surface area contributed by atoms with Gasteiger partial charge in [0.2, 0.25) is 0 Å². The minimum absolute atomic E-state index is 0.0753. The van der Waals surface area contributed by atoms with Crippen LogP contribution in [0, 0.1) is 40.4 Å². The van der Waals surface area contributed by atoms with Gasteiger partial charge in [-0.25, -0.2) is 0 Å². The Morgan fingerprint density at radius 1 is 0.971 bits per heavy atom. The maximum Gasteiger partial charge on any atom is 0.0758 e. The molecule has 4 radical (unpaired) electrons. The second-order valence-corrected chi connectivity index (χ2v) is 14.0. The Labute approximate surface area is 220 Å². The highest BCUT2D eigenvalue weighted by Crippen LogP contribution is 2.78. The van der Waals surface area contributed by atoms with Crippen LogP contribution < -0.4 is 0 Å². The number of ether oxygens (including phenoxy) is 2. The fourth-order valence-corrected chi connectivity index (χ4v) is 9.49. The predicted octanol–water partition coefficient (Wildman–Crippen LogP) is 7.73. The fraction of sp³-hybridized carbons (Fsp3) is 0.935. The zero-order valence-electron chi connectivity index (χ0n) is 23.8. The third-order valence-electron chi connectivity index (χ3n) is 11.8. The van der Waals surface area contributed by atoms with Gasteiger partial charge in [0.25, 0.3) is 0 Å². The predicted molar refractivity (Wildman–Crippen MR) is 149 cm³/mol. The standard InChI is InChI=1S/C31H52B2O2/c1-22(2)8-7-9-23(3)31(33)17-13-27-29(31,5)15-12-26-28(4)14-10-24(21-35-19-18-34-6)20-25(28)11-16-30(26,27)32/h11,22-24,26-27H,7-10,12-21H2,1-6H3/t23-,24?,26?,27?,28?,29?,30?,31+/m1/s1. The van der Waals surface area contributed by atoms with Crippen LogP contribution in [0.4, 0.5) is 0 Å². The lowest BCUT2D eigenvalue weighted by molar-refractivity contribution is -0.0413. The lowest BCUT2D eigenvalue weighted by Crippen LogP contribution is -2.55. The van der Waals surface area contributed by atoms with Crippen LogP contribution in [0.25, 0.3) is 0 Å². The molecule has 194 valence electrons. The summed E-state index contributed by atoms with van der Waals surface area (Å²) < 4.78 is 11.1. The first kappa shape index (κ1) is 27.8. The smallest absolute Gasteiger partial charge is 0.0758 e. The average molecular weight is 478 g/mol. The molecule has 0 aromatic carbocycles. The highest BCUT2D eigenvalue weighted by atomic mass is 16.5. The van der Waals surface area contributed by atoms with E-state index in [1.54, 1.807) is 12.7 Å². The van der Waals surface area contributed by atoms with Crippen molar-refractivity contribution in [1.29, 1.82) is 0 Å². The molecule has 0 bridgehead atoms. The molecule has 0 amide bonds. The Morgan fingerprint density at radius 2 is 1.71 bits per heavy atom. The number of hydrogen-bond donors (Lipinski definition) is 0. The van der Waals surface area contributed by atoms with Gasteiger partial charge in [-0.2, -0.15) is 0 Å². The van der Waals surface area contributed by atoms with Gasteiger partial charge in [0.05, 0.1) is 28.9 Å². The minimum atomic E-state index is -0.105. The van der Waals surface area contributed by atoms with Crippen molar-refractivity contribution < 1.29 is 9.47 Å². The van der Waals surface area contributed by atoms with Crippen molar-refractivity contribution in [2.45, 2.75) is 116 Å². The summed E-state index contributed by atoms with van der Waals surface area (Å²) in [6.45, 7) is 14.4. The highest BCUT2D eigenvalue weighted by Gasteiger charge is 2.66. The van der Waals surface area contributed by atoms with Crippen LogP contribution in [0.5, 0.6) is 0 Å². The largest absolute Gasteiger partial charge is 0.382 e. The summed E-state index contributed by atoms with van der Waals surface area (Å²) in [5.74, 6) is 3.11. The number of hydrogen-bond acceptors (Lipinski definition) is 2. The molecule has 0 spiro atoms. The number of allylic oxidation sites excluding steroid dienone is 2. The van der Waals surface area contributed by atoms with E-state index in [4.69, 9.17) is 25.2 Å². The summed E-state index contributed by atoms with van der Waals surface area (Å²) in [5.41, 5.74) is 2.08. The second kappa shape index (κ2) is 10.5. The van der Waals surface area contributed by atoms with Crippen molar-refractivity contribution in [3.8, 4) is 0 Å². The Morgan fingerprint density at radius 3 is 2.43 bits per heavy atom. The summed E-state index contributed by atoms with van der Waals surface area (Å²) in [4.78, 5) is 0. The van der Waals surface area contributed by atoms with E-state index in [1.807, 2.05) is 0 Å². The lowest BCUT2D eigenvalue weighted by atomic mass is 9.32. The molecule has 4 rings (SSSR count). The zero-order valence-corrected chi connectivity index (χ0v) is 23.8. The maximum atomic E-state index is 7.60. The van der Waals surface area contributed by atoms with Crippen molar-refractivity contribution >= 4 is 15.7 Å². The average Bonchev–Trinajstić information content (AvgIpc) is 3.09. The van der Waals surface area contributed by atoms with Gasteiger partial charge in [-0.15, -0.1) is 0 Å². The molecule has 0 saturated heterocycles. The Balaban J connectivity index is 1.49. The van der Waals surface area contributed by atoms with Gasteiger partial charge < -0.3 is 9.47 Å². The topological polar surface area (TPSA) is 18.5 Å². The molecule has 0 aromatic heterocycles. The number of fused-ring (bicyclic) bond motifs is 5. The highest BCUT2D eigenvalue weighted by molar-refractivity contribution is 6.18. The molecule has 8 atom stereocenters. The van der Waals surface area contributed by atoms with Crippen molar-refractivity contribution in [3.63, 3.8) is 0 Å². The van der Waals surface area contributed by atoms with Crippen molar-refractivity contribution in [1.82, 2.24) is 0 Å². The van der Waals surface area contributed by atoms with E-state index in [2.05, 4.69) is 40.7 Å². The van der Waals surface area contributed by atoms with Crippen molar-refractivity contribution in [3.05, 3.63) is 11.6 Å². The van der Waals surface area contributed by atoms with E-state index in [1.165, 1.54) is 57.8 Å².